The summed E-state index contributed by atoms with van der Waals surface area (Å²) < 4.78 is 5.12. The molecule has 1 fully saturated rings. The minimum atomic E-state index is -0.135. The molecule has 0 aliphatic heterocycles. The van der Waals surface area contributed by atoms with Crippen molar-refractivity contribution in [2.75, 3.05) is 0 Å². The summed E-state index contributed by atoms with van der Waals surface area (Å²) in [4.78, 5) is 10.6. The first-order valence-electron chi connectivity index (χ1n) is 4.35. The zero-order valence-corrected chi connectivity index (χ0v) is 7.30. The van der Waals surface area contributed by atoms with Gasteiger partial charge in [-0.15, -0.1) is 0 Å². The fraction of sp³-hybridized carbons (Fsp3) is 0.889. The molecule has 0 saturated heterocycles. The molecule has 0 amide bonds. The van der Waals surface area contributed by atoms with E-state index < -0.39 is 0 Å². The van der Waals surface area contributed by atoms with Gasteiger partial charge in [-0.05, 0) is 25.2 Å². The van der Waals surface area contributed by atoms with Gasteiger partial charge in [0.05, 0.1) is 0 Å². The standard InChI is InChI=1S/C9H16O2/c1-7-4-3-5-9(6-7)11-8(2)10/h7,9H,3-6H2,1-2H3/t7-,9+/m1/s1. The minimum Gasteiger partial charge on any atom is -0.463 e. The zero-order chi connectivity index (χ0) is 8.27. The SMILES string of the molecule is CC(=O)O[C@H]1CCC[C@@H](C)C1. The molecule has 0 heterocycles. The van der Waals surface area contributed by atoms with Gasteiger partial charge < -0.3 is 4.74 Å². The molecule has 0 N–H and O–H groups in total. The van der Waals surface area contributed by atoms with Crippen LogP contribution in [0.4, 0.5) is 0 Å². The van der Waals surface area contributed by atoms with E-state index in [1.807, 2.05) is 0 Å². The van der Waals surface area contributed by atoms with Gasteiger partial charge in [-0.2, -0.15) is 0 Å². The van der Waals surface area contributed by atoms with E-state index >= 15 is 0 Å². The Balaban J connectivity index is 2.28. The summed E-state index contributed by atoms with van der Waals surface area (Å²) in [6, 6.07) is 0. The number of ether oxygens (including phenoxy) is 1. The van der Waals surface area contributed by atoms with Crippen LogP contribution < -0.4 is 0 Å². The third-order valence-corrected chi connectivity index (χ3v) is 2.22. The van der Waals surface area contributed by atoms with Crippen molar-refractivity contribution in [3.8, 4) is 0 Å². The maximum Gasteiger partial charge on any atom is 0.302 e. The molecule has 0 aromatic rings. The predicted octanol–water partition coefficient (Wildman–Crippen LogP) is 2.13. The maximum atomic E-state index is 10.6. The van der Waals surface area contributed by atoms with Gasteiger partial charge in [0, 0.05) is 6.92 Å². The van der Waals surface area contributed by atoms with Gasteiger partial charge in [0.15, 0.2) is 0 Å². The quantitative estimate of drug-likeness (QED) is 0.543. The summed E-state index contributed by atoms with van der Waals surface area (Å²) in [6.07, 6.45) is 4.82. The van der Waals surface area contributed by atoms with E-state index in [1.165, 1.54) is 19.8 Å². The van der Waals surface area contributed by atoms with Gasteiger partial charge >= 0.3 is 5.97 Å². The number of carbonyl (C=O) groups is 1. The fourth-order valence-corrected chi connectivity index (χ4v) is 1.72. The number of hydrogen-bond acceptors (Lipinski definition) is 2. The van der Waals surface area contributed by atoms with Gasteiger partial charge in [-0.25, -0.2) is 0 Å². The highest BCUT2D eigenvalue weighted by Gasteiger charge is 2.20. The molecule has 0 unspecified atom stereocenters. The van der Waals surface area contributed by atoms with Crippen molar-refractivity contribution >= 4 is 5.97 Å². The van der Waals surface area contributed by atoms with E-state index in [4.69, 9.17) is 4.74 Å². The molecule has 64 valence electrons. The van der Waals surface area contributed by atoms with Crippen LogP contribution in [0.2, 0.25) is 0 Å². The molecule has 2 heteroatoms. The van der Waals surface area contributed by atoms with Gasteiger partial charge in [-0.3, -0.25) is 4.79 Å². The molecule has 11 heavy (non-hydrogen) atoms. The Morgan fingerprint density at radius 3 is 2.73 bits per heavy atom. The highest BCUT2D eigenvalue weighted by Crippen LogP contribution is 2.25. The van der Waals surface area contributed by atoms with E-state index in [2.05, 4.69) is 6.92 Å². The van der Waals surface area contributed by atoms with E-state index in [9.17, 15) is 4.79 Å². The molecule has 0 radical (unpaired) electrons. The van der Waals surface area contributed by atoms with Crippen molar-refractivity contribution < 1.29 is 9.53 Å². The summed E-state index contributed by atoms with van der Waals surface area (Å²) in [7, 11) is 0. The molecule has 2 nitrogen and oxygen atoms in total. The van der Waals surface area contributed by atoms with Crippen LogP contribution in [0.5, 0.6) is 0 Å². The highest BCUT2D eigenvalue weighted by molar-refractivity contribution is 5.66. The Bertz CT molecular complexity index is 142. The second kappa shape index (κ2) is 3.74. The first-order chi connectivity index (χ1) is 5.18. The smallest absolute Gasteiger partial charge is 0.302 e. The Morgan fingerprint density at radius 2 is 2.18 bits per heavy atom. The lowest BCUT2D eigenvalue weighted by Crippen LogP contribution is -2.23. The summed E-state index contributed by atoms with van der Waals surface area (Å²) in [6.45, 7) is 3.70. The van der Waals surface area contributed by atoms with E-state index in [0.717, 1.165) is 18.8 Å². The molecule has 0 aromatic heterocycles. The summed E-state index contributed by atoms with van der Waals surface area (Å²) in [5.41, 5.74) is 0. The second-order valence-electron chi connectivity index (χ2n) is 3.50. The van der Waals surface area contributed by atoms with Crippen molar-refractivity contribution in [3.05, 3.63) is 0 Å². The Hall–Kier alpha value is -0.530. The number of rotatable bonds is 1. The lowest BCUT2D eigenvalue weighted by atomic mass is 9.89. The lowest BCUT2D eigenvalue weighted by molar-refractivity contribution is -0.148. The van der Waals surface area contributed by atoms with Gasteiger partial charge in [-0.1, -0.05) is 13.3 Å². The average molecular weight is 156 g/mol. The Morgan fingerprint density at radius 1 is 1.45 bits per heavy atom. The van der Waals surface area contributed by atoms with E-state index in [0.29, 0.717) is 0 Å². The number of esters is 1. The van der Waals surface area contributed by atoms with Gasteiger partial charge in [0.25, 0.3) is 0 Å². The summed E-state index contributed by atoms with van der Waals surface area (Å²) in [5.74, 6) is 0.595. The second-order valence-corrected chi connectivity index (χ2v) is 3.50. The molecule has 1 rings (SSSR count). The fourth-order valence-electron chi connectivity index (χ4n) is 1.72. The third-order valence-electron chi connectivity index (χ3n) is 2.22. The summed E-state index contributed by atoms with van der Waals surface area (Å²) >= 11 is 0. The Kier molecular flexibility index (Phi) is 2.92. The van der Waals surface area contributed by atoms with Crippen LogP contribution in [-0.2, 0) is 9.53 Å². The van der Waals surface area contributed by atoms with Crippen LogP contribution in [0, 0.1) is 5.92 Å². The number of carbonyl (C=O) groups excluding carboxylic acids is 1. The molecule has 0 bridgehead atoms. The van der Waals surface area contributed by atoms with Crippen molar-refractivity contribution in [2.24, 2.45) is 5.92 Å². The molecule has 1 saturated carbocycles. The first kappa shape index (κ1) is 8.57. The van der Waals surface area contributed by atoms with Crippen LogP contribution >= 0.6 is 0 Å². The third kappa shape index (κ3) is 2.91. The Labute approximate surface area is 67.9 Å². The maximum absolute atomic E-state index is 10.6. The summed E-state index contributed by atoms with van der Waals surface area (Å²) in [5, 5.41) is 0. The monoisotopic (exact) mass is 156 g/mol. The molecular formula is C9H16O2. The van der Waals surface area contributed by atoms with Crippen LogP contribution in [0.25, 0.3) is 0 Å². The highest BCUT2D eigenvalue weighted by atomic mass is 16.5. The van der Waals surface area contributed by atoms with Crippen molar-refractivity contribution in [3.63, 3.8) is 0 Å². The average Bonchev–Trinajstić information content (AvgIpc) is 1.85. The largest absolute Gasteiger partial charge is 0.463 e. The van der Waals surface area contributed by atoms with Crippen molar-refractivity contribution in [1.29, 1.82) is 0 Å². The molecule has 1 aliphatic carbocycles. The van der Waals surface area contributed by atoms with Crippen molar-refractivity contribution in [2.45, 2.75) is 45.6 Å². The van der Waals surface area contributed by atoms with E-state index in [1.54, 1.807) is 0 Å². The van der Waals surface area contributed by atoms with Crippen LogP contribution in [0.15, 0.2) is 0 Å². The molecule has 1 aliphatic rings. The van der Waals surface area contributed by atoms with Crippen LogP contribution in [-0.4, -0.2) is 12.1 Å². The molecular weight excluding hydrogens is 140 g/mol. The van der Waals surface area contributed by atoms with Crippen LogP contribution in [0.3, 0.4) is 0 Å². The zero-order valence-electron chi connectivity index (χ0n) is 7.30. The first-order valence-corrected chi connectivity index (χ1v) is 4.35. The van der Waals surface area contributed by atoms with Crippen LogP contribution in [0.1, 0.15) is 39.5 Å². The topological polar surface area (TPSA) is 26.3 Å². The minimum absolute atomic E-state index is 0.135. The van der Waals surface area contributed by atoms with Gasteiger partial charge in [0.2, 0.25) is 0 Å². The van der Waals surface area contributed by atoms with Gasteiger partial charge in [0.1, 0.15) is 6.10 Å². The molecule has 0 spiro atoms. The lowest BCUT2D eigenvalue weighted by Gasteiger charge is -2.25. The van der Waals surface area contributed by atoms with E-state index in [-0.39, 0.29) is 12.1 Å². The molecule has 2 atom stereocenters. The van der Waals surface area contributed by atoms with Crippen molar-refractivity contribution in [1.82, 2.24) is 0 Å². The normalized spacial score (nSPS) is 31.5. The number of hydrogen-bond donors (Lipinski definition) is 0. The molecule has 0 aromatic carbocycles. The predicted molar refractivity (Wildman–Crippen MR) is 43.2 cm³/mol.